The van der Waals surface area contributed by atoms with Crippen LogP contribution in [0.25, 0.3) is 0 Å². The largest absolute Gasteiger partial charge is 0.490 e. The topological polar surface area (TPSA) is 18.5 Å². The Kier molecular flexibility index (Phi) is 3.38. The maximum absolute atomic E-state index is 6.58. The molecule has 18 heavy (non-hydrogen) atoms. The quantitative estimate of drug-likeness (QED) is 0.765. The molecule has 1 aromatic carbocycles. The molecule has 3 rings (SSSR count). The molecule has 2 nitrogen and oxygen atoms in total. The first-order chi connectivity index (χ1) is 8.75. The number of alkyl halides is 1. The molecule has 1 aromatic rings. The second-order valence-electron chi connectivity index (χ2n) is 5.35. The maximum atomic E-state index is 6.58. The monoisotopic (exact) mass is 266 g/mol. The van der Waals surface area contributed by atoms with Gasteiger partial charge >= 0.3 is 0 Å². The van der Waals surface area contributed by atoms with Gasteiger partial charge in [-0.15, -0.1) is 11.6 Å². The molecule has 1 aliphatic carbocycles. The summed E-state index contributed by atoms with van der Waals surface area (Å²) in [6, 6.07) is 6.12. The predicted molar refractivity (Wildman–Crippen MR) is 72.5 cm³/mol. The lowest BCUT2D eigenvalue weighted by atomic mass is 9.96. The first-order valence-electron chi connectivity index (χ1n) is 6.79. The maximum Gasteiger partial charge on any atom is 0.161 e. The Labute approximate surface area is 113 Å². The fraction of sp³-hybridized carbons (Fsp3) is 0.600. The van der Waals surface area contributed by atoms with Crippen LogP contribution >= 0.6 is 11.6 Å². The molecule has 2 aliphatic rings. The molecule has 1 aliphatic heterocycles. The lowest BCUT2D eigenvalue weighted by Gasteiger charge is -2.19. The highest BCUT2D eigenvalue weighted by molar-refractivity contribution is 6.21. The van der Waals surface area contributed by atoms with Gasteiger partial charge in [-0.2, -0.15) is 0 Å². The highest BCUT2D eigenvalue weighted by atomic mass is 35.5. The van der Waals surface area contributed by atoms with Crippen LogP contribution < -0.4 is 9.47 Å². The zero-order chi connectivity index (χ0) is 12.5. The average Bonchev–Trinajstić information content (AvgIpc) is 3.22. The van der Waals surface area contributed by atoms with Gasteiger partial charge in [0.1, 0.15) is 0 Å². The minimum absolute atomic E-state index is 0.0784. The second-order valence-corrected chi connectivity index (χ2v) is 5.83. The van der Waals surface area contributed by atoms with Crippen molar-refractivity contribution < 1.29 is 9.47 Å². The lowest BCUT2D eigenvalue weighted by Crippen LogP contribution is -2.06. The summed E-state index contributed by atoms with van der Waals surface area (Å²) in [5.41, 5.74) is 1.15. The number of benzene rings is 1. The van der Waals surface area contributed by atoms with E-state index < -0.39 is 0 Å². The molecule has 0 N–H and O–H groups in total. The highest BCUT2D eigenvalue weighted by Gasteiger charge is 2.33. The van der Waals surface area contributed by atoms with Crippen LogP contribution in [0.1, 0.15) is 37.1 Å². The highest BCUT2D eigenvalue weighted by Crippen LogP contribution is 2.46. The van der Waals surface area contributed by atoms with Crippen molar-refractivity contribution in [3.63, 3.8) is 0 Å². The molecule has 0 radical (unpaired) electrons. The number of ether oxygens (including phenoxy) is 2. The second kappa shape index (κ2) is 5.00. The molecule has 0 saturated heterocycles. The van der Waals surface area contributed by atoms with Crippen molar-refractivity contribution >= 4 is 11.6 Å². The van der Waals surface area contributed by atoms with E-state index in [2.05, 4.69) is 19.1 Å². The molecule has 1 saturated carbocycles. The lowest BCUT2D eigenvalue weighted by molar-refractivity contribution is 0.297. The standard InChI is InChI=1S/C15H19ClO2/c1-10(11-3-4-11)15(16)12-5-6-13-14(9-12)18-8-2-7-17-13/h5-6,9-11,15H,2-4,7-8H2,1H3. The third-order valence-electron chi connectivity index (χ3n) is 3.92. The zero-order valence-electron chi connectivity index (χ0n) is 10.7. The van der Waals surface area contributed by atoms with E-state index in [4.69, 9.17) is 21.1 Å². The third-order valence-corrected chi connectivity index (χ3v) is 4.57. The van der Waals surface area contributed by atoms with Gasteiger partial charge in [0, 0.05) is 6.42 Å². The molecular weight excluding hydrogens is 248 g/mol. The van der Waals surface area contributed by atoms with E-state index in [0.29, 0.717) is 5.92 Å². The van der Waals surface area contributed by atoms with E-state index in [1.54, 1.807) is 0 Å². The average molecular weight is 267 g/mol. The summed E-state index contributed by atoms with van der Waals surface area (Å²) in [5.74, 6) is 3.04. The van der Waals surface area contributed by atoms with Crippen LogP contribution in [0, 0.1) is 11.8 Å². The van der Waals surface area contributed by atoms with Crippen molar-refractivity contribution in [2.45, 2.75) is 31.6 Å². The Balaban J connectivity index is 1.81. The number of hydrogen-bond acceptors (Lipinski definition) is 2. The van der Waals surface area contributed by atoms with Crippen LogP contribution in [-0.4, -0.2) is 13.2 Å². The Hall–Kier alpha value is -0.890. The molecule has 98 valence electrons. The van der Waals surface area contributed by atoms with E-state index in [1.165, 1.54) is 12.8 Å². The van der Waals surface area contributed by atoms with Gasteiger partial charge in [-0.25, -0.2) is 0 Å². The summed E-state index contributed by atoms with van der Waals surface area (Å²) in [6.07, 6.45) is 3.59. The third kappa shape index (κ3) is 2.44. The molecular formula is C15H19ClO2. The first-order valence-corrected chi connectivity index (χ1v) is 7.23. The number of hydrogen-bond donors (Lipinski definition) is 0. The summed E-state index contributed by atoms with van der Waals surface area (Å²) < 4.78 is 11.3. The normalized spacial score (nSPS) is 22.1. The molecule has 2 unspecified atom stereocenters. The van der Waals surface area contributed by atoms with E-state index in [0.717, 1.165) is 42.6 Å². The summed E-state index contributed by atoms with van der Waals surface area (Å²) in [7, 11) is 0. The van der Waals surface area contributed by atoms with Crippen LogP contribution in [0.5, 0.6) is 11.5 Å². The molecule has 1 fully saturated rings. The Bertz CT molecular complexity index is 429. The minimum atomic E-state index is 0.0784. The van der Waals surface area contributed by atoms with Gasteiger partial charge in [0.2, 0.25) is 0 Å². The molecule has 3 heteroatoms. The van der Waals surface area contributed by atoms with Crippen molar-refractivity contribution in [2.75, 3.05) is 13.2 Å². The fourth-order valence-electron chi connectivity index (χ4n) is 2.52. The van der Waals surface area contributed by atoms with Crippen LogP contribution in [0.3, 0.4) is 0 Å². The van der Waals surface area contributed by atoms with Crippen LogP contribution in [0.15, 0.2) is 18.2 Å². The van der Waals surface area contributed by atoms with E-state index in [9.17, 15) is 0 Å². The first kappa shape index (κ1) is 12.2. The van der Waals surface area contributed by atoms with E-state index in [1.807, 2.05) is 6.07 Å². The Morgan fingerprint density at radius 3 is 2.61 bits per heavy atom. The van der Waals surface area contributed by atoms with E-state index in [-0.39, 0.29) is 5.38 Å². The predicted octanol–water partition coefficient (Wildman–Crippen LogP) is 4.17. The van der Waals surface area contributed by atoms with Gasteiger partial charge in [0.05, 0.1) is 18.6 Å². The van der Waals surface area contributed by atoms with Gasteiger partial charge in [0.15, 0.2) is 11.5 Å². The Morgan fingerprint density at radius 1 is 1.17 bits per heavy atom. The molecule has 2 atom stereocenters. The van der Waals surface area contributed by atoms with Crippen molar-refractivity contribution in [2.24, 2.45) is 11.8 Å². The summed E-state index contributed by atoms with van der Waals surface area (Å²) in [6.45, 7) is 3.70. The molecule has 0 aromatic heterocycles. The molecule has 0 amide bonds. The number of halogens is 1. The van der Waals surface area contributed by atoms with Gasteiger partial charge in [-0.05, 0) is 42.4 Å². The van der Waals surface area contributed by atoms with E-state index >= 15 is 0 Å². The van der Waals surface area contributed by atoms with Crippen molar-refractivity contribution in [1.29, 1.82) is 0 Å². The SMILES string of the molecule is CC(C1CC1)C(Cl)c1ccc2c(c1)OCCCO2. The van der Waals surface area contributed by atoms with Crippen LogP contribution in [-0.2, 0) is 0 Å². The smallest absolute Gasteiger partial charge is 0.161 e. The zero-order valence-corrected chi connectivity index (χ0v) is 11.5. The van der Waals surface area contributed by atoms with Gasteiger partial charge < -0.3 is 9.47 Å². The molecule has 0 bridgehead atoms. The molecule has 0 spiro atoms. The van der Waals surface area contributed by atoms with Crippen molar-refractivity contribution in [3.8, 4) is 11.5 Å². The van der Waals surface area contributed by atoms with Crippen LogP contribution in [0.4, 0.5) is 0 Å². The summed E-state index contributed by atoms with van der Waals surface area (Å²) in [4.78, 5) is 0. The fourth-order valence-corrected chi connectivity index (χ4v) is 2.86. The number of rotatable bonds is 3. The van der Waals surface area contributed by atoms with Gasteiger partial charge in [-0.1, -0.05) is 13.0 Å². The van der Waals surface area contributed by atoms with Crippen molar-refractivity contribution in [1.82, 2.24) is 0 Å². The molecule has 1 heterocycles. The minimum Gasteiger partial charge on any atom is -0.490 e. The van der Waals surface area contributed by atoms with Crippen LogP contribution in [0.2, 0.25) is 0 Å². The Morgan fingerprint density at radius 2 is 1.89 bits per heavy atom. The summed E-state index contributed by atoms with van der Waals surface area (Å²) in [5, 5.41) is 0.0784. The van der Waals surface area contributed by atoms with Gasteiger partial charge in [-0.3, -0.25) is 0 Å². The number of fused-ring (bicyclic) bond motifs is 1. The van der Waals surface area contributed by atoms with Gasteiger partial charge in [0.25, 0.3) is 0 Å². The summed E-state index contributed by atoms with van der Waals surface area (Å²) >= 11 is 6.58. The van der Waals surface area contributed by atoms with Crippen molar-refractivity contribution in [3.05, 3.63) is 23.8 Å².